The maximum Gasteiger partial charge on any atom is 0.137 e. The molecule has 0 bridgehead atoms. The van der Waals surface area contributed by atoms with Crippen molar-refractivity contribution in [2.75, 3.05) is 20.2 Å². The number of hydrogen-bond donors (Lipinski definition) is 2. The second-order valence-corrected chi connectivity index (χ2v) is 7.20. The minimum Gasteiger partial charge on any atom is -0.490 e. The molecular formula is C20H34NO2+. The Labute approximate surface area is 141 Å². The van der Waals surface area contributed by atoms with Gasteiger partial charge in [-0.2, -0.15) is 0 Å². The highest BCUT2D eigenvalue weighted by atomic mass is 16.5. The van der Waals surface area contributed by atoms with Gasteiger partial charge < -0.3 is 14.7 Å². The van der Waals surface area contributed by atoms with Gasteiger partial charge in [-0.1, -0.05) is 38.5 Å². The molecule has 0 heterocycles. The van der Waals surface area contributed by atoms with Crippen LogP contribution in [0.3, 0.4) is 0 Å². The minimum atomic E-state index is -0.401. The van der Waals surface area contributed by atoms with E-state index < -0.39 is 6.10 Å². The summed E-state index contributed by atoms with van der Waals surface area (Å²) in [7, 11) is 2.21. The third kappa shape index (κ3) is 5.50. The molecule has 0 radical (unpaired) electrons. The number of likely N-dealkylation sites (N-methyl/N-ethyl adjacent to an activating group) is 1. The number of aliphatic hydroxyl groups excluding tert-OH is 1. The van der Waals surface area contributed by atoms with Crippen LogP contribution in [0.5, 0.6) is 5.75 Å². The van der Waals surface area contributed by atoms with Gasteiger partial charge in [-0.3, -0.25) is 0 Å². The van der Waals surface area contributed by atoms with Crippen LogP contribution in [0, 0.1) is 0 Å². The van der Waals surface area contributed by atoms with Gasteiger partial charge >= 0.3 is 0 Å². The molecule has 0 aromatic heterocycles. The Morgan fingerprint density at radius 3 is 2.61 bits per heavy atom. The lowest BCUT2D eigenvalue weighted by Gasteiger charge is -2.29. The Hall–Kier alpha value is -1.06. The van der Waals surface area contributed by atoms with Crippen LogP contribution < -0.4 is 9.64 Å². The monoisotopic (exact) mass is 320 g/mol. The highest BCUT2D eigenvalue weighted by Crippen LogP contribution is 2.28. The molecule has 1 fully saturated rings. The number of aliphatic hydroxyl groups is 1. The molecule has 1 saturated carbocycles. The smallest absolute Gasteiger partial charge is 0.137 e. The first kappa shape index (κ1) is 18.3. The highest BCUT2D eigenvalue weighted by molar-refractivity contribution is 5.35. The quantitative estimate of drug-likeness (QED) is 0.772. The molecule has 3 nitrogen and oxygen atoms in total. The molecule has 1 aromatic carbocycles. The van der Waals surface area contributed by atoms with Crippen LogP contribution in [-0.2, 0) is 0 Å². The number of nitrogens with one attached hydrogen (secondary N) is 1. The van der Waals surface area contributed by atoms with Crippen molar-refractivity contribution < 1.29 is 14.7 Å². The van der Waals surface area contributed by atoms with Gasteiger partial charge in [0.1, 0.15) is 25.0 Å². The normalized spacial score (nSPS) is 20.0. The number of para-hydroxylation sites is 1. The van der Waals surface area contributed by atoms with Crippen LogP contribution in [0.15, 0.2) is 24.3 Å². The van der Waals surface area contributed by atoms with Crippen LogP contribution in [0.25, 0.3) is 0 Å². The van der Waals surface area contributed by atoms with Gasteiger partial charge in [0.05, 0.1) is 13.1 Å². The predicted octanol–water partition coefficient (Wildman–Crippen LogP) is 2.79. The van der Waals surface area contributed by atoms with E-state index in [9.17, 15) is 5.11 Å². The molecule has 130 valence electrons. The SMILES string of the molecule is CC[C@H](C)c1ccccc1OC[C@@H](O)C[NH+](C)C1CCCCC1. The Kier molecular flexibility index (Phi) is 7.38. The summed E-state index contributed by atoms with van der Waals surface area (Å²) in [6.07, 6.45) is 7.36. The first-order valence-corrected chi connectivity index (χ1v) is 9.33. The highest BCUT2D eigenvalue weighted by Gasteiger charge is 2.23. The van der Waals surface area contributed by atoms with Crippen LogP contribution >= 0.6 is 0 Å². The van der Waals surface area contributed by atoms with Crippen molar-refractivity contribution >= 4 is 0 Å². The number of ether oxygens (including phenoxy) is 1. The van der Waals surface area contributed by atoms with E-state index in [0.29, 0.717) is 18.6 Å². The van der Waals surface area contributed by atoms with Crippen LogP contribution in [0.4, 0.5) is 0 Å². The molecule has 1 unspecified atom stereocenters. The minimum absolute atomic E-state index is 0.386. The summed E-state index contributed by atoms with van der Waals surface area (Å²) in [5.41, 5.74) is 1.25. The number of hydrogen-bond acceptors (Lipinski definition) is 2. The van der Waals surface area contributed by atoms with Gasteiger partial charge in [-0.05, 0) is 49.7 Å². The zero-order valence-corrected chi connectivity index (χ0v) is 15.1. The van der Waals surface area contributed by atoms with Crippen molar-refractivity contribution in [1.29, 1.82) is 0 Å². The molecule has 1 aliphatic rings. The van der Waals surface area contributed by atoms with Crippen molar-refractivity contribution in [1.82, 2.24) is 0 Å². The van der Waals surface area contributed by atoms with Crippen LogP contribution in [0.2, 0.25) is 0 Å². The van der Waals surface area contributed by atoms with Crippen molar-refractivity contribution in [2.24, 2.45) is 0 Å². The largest absolute Gasteiger partial charge is 0.490 e. The van der Waals surface area contributed by atoms with Crippen molar-refractivity contribution in [3.8, 4) is 5.75 Å². The third-order valence-corrected chi connectivity index (χ3v) is 5.35. The standard InChI is InChI=1S/C20H33NO2/c1-4-16(2)19-12-8-9-13-20(19)23-15-18(22)14-21(3)17-10-6-5-7-11-17/h8-9,12-13,16-18,22H,4-7,10-11,14-15H2,1-3H3/p+1/t16-,18-/m0/s1. The summed E-state index contributed by atoms with van der Waals surface area (Å²) in [5.74, 6) is 1.41. The molecule has 1 aliphatic carbocycles. The lowest BCUT2D eigenvalue weighted by molar-refractivity contribution is -0.910. The molecule has 3 heteroatoms. The average Bonchev–Trinajstić information content (AvgIpc) is 2.60. The zero-order valence-electron chi connectivity index (χ0n) is 15.1. The van der Waals surface area contributed by atoms with Crippen LogP contribution in [-0.4, -0.2) is 37.5 Å². The van der Waals surface area contributed by atoms with Gasteiger partial charge in [0.25, 0.3) is 0 Å². The van der Waals surface area contributed by atoms with E-state index in [2.05, 4.69) is 33.0 Å². The fourth-order valence-electron chi connectivity index (χ4n) is 3.62. The van der Waals surface area contributed by atoms with E-state index in [1.165, 1.54) is 42.6 Å². The topological polar surface area (TPSA) is 33.9 Å². The van der Waals surface area contributed by atoms with Gasteiger partial charge in [0.15, 0.2) is 0 Å². The molecule has 3 atom stereocenters. The van der Waals surface area contributed by atoms with Gasteiger partial charge in [0.2, 0.25) is 0 Å². The van der Waals surface area contributed by atoms with E-state index in [1.807, 2.05) is 12.1 Å². The first-order valence-electron chi connectivity index (χ1n) is 9.33. The summed E-state index contributed by atoms with van der Waals surface area (Å²) in [6, 6.07) is 8.94. The van der Waals surface area contributed by atoms with Gasteiger partial charge in [-0.15, -0.1) is 0 Å². The lowest BCUT2D eigenvalue weighted by atomic mass is 9.94. The molecule has 0 aliphatic heterocycles. The molecule has 0 saturated heterocycles. The molecule has 0 spiro atoms. The zero-order chi connectivity index (χ0) is 16.7. The van der Waals surface area contributed by atoms with E-state index in [4.69, 9.17) is 4.74 Å². The molecular weight excluding hydrogens is 286 g/mol. The number of rotatable bonds is 8. The second-order valence-electron chi connectivity index (χ2n) is 7.20. The Morgan fingerprint density at radius 2 is 1.91 bits per heavy atom. The first-order chi connectivity index (χ1) is 11.1. The van der Waals surface area contributed by atoms with E-state index in [0.717, 1.165) is 18.7 Å². The maximum atomic E-state index is 10.4. The average molecular weight is 320 g/mol. The van der Waals surface area contributed by atoms with E-state index in [1.54, 1.807) is 0 Å². The lowest BCUT2D eigenvalue weighted by Crippen LogP contribution is -3.14. The van der Waals surface area contributed by atoms with Crippen molar-refractivity contribution in [2.45, 2.75) is 70.4 Å². The van der Waals surface area contributed by atoms with Gasteiger partial charge in [-0.25, -0.2) is 0 Å². The summed E-state index contributed by atoms with van der Waals surface area (Å²) in [6.45, 7) is 5.58. The van der Waals surface area contributed by atoms with Crippen molar-refractivity contribution in [3.05, 3.63) is 29.8 Å². The predicted molar refractivity (Wildman–Crippen MR) is 95.3 cm³/mol. The van der Waals surface area contributed by atoms with Crippen LogP contribution in [0.1, 0.15) is 63.9 Å². The fourth-order valence-corrected chi connectivity index (χ4v) is 3.62. The molecule has 0 amide bonds. The number of benzene rings is 1. The summed E-state index contributed by atoms with van der Waals surface area (Å²) in [4.78, 5) is 1.45. The Bertz CT molecular complexity index is 457. The maximum absolute atomic E-state index is 10.4. The Morgan fingerprint density at radius 1 is 1.22 bits per heavy atom. The fraction of sp³-hybridized carbons (Fsp3) is 0.700. The third-order valence-electron chi connectivity index (χ3n) is 5.35. The Balaban J connectivity index is 1.83. The summed E-state index contributed by atoms with van der Waals surface area (Å²) < 4.78 is 5.95. The summed E-state index contributed by atoms with van der Waals surface area (Å²) in [5, 5.41) is 10.4. The van der Waals surface area contributed by atoms with E-state index >= 15 is 0 Å². The number of quaternary nitrogens is 1. The van der Waals surface area contributed by atoms with Gasteiger partial charge in [0, 0.05) is 0 Å². The second kappa shape index (κ2) is 9.29. The molecule has 1 aromatic rings. The molecule has 2 rings (SSSR count). The van der Waals surface area contributed by atoms with E-state index in [-0.39, 0.29) is 0 Å². The summed E-state index contributed by atoms with van der Waals surface area (Å²) >= 11 is 0. The molecule has 23 heavy (non-hydrogen) atoms. The van der Waals surface area contributed by atoms with Crippen molar-refractivity contribution in [3.63, 3.8) is 0 Å². The molecule has 2 N–H and O–H groups in total.